The van der Waals surface area contributed by atoms with Gasteiger partial charge < -0.3 is 10.4 Å². The molecule has 16 heavy (non-hydrogen) atoms. The van der Waals surface area contributed by atoms with E-state index in [1.165, 1.54) is 0 Å². The van der Waals surface area contributed by atoms with Crippen molar-refractivity contribution in [3.05, 3.63) is 11.9 Å². The summed E-state index contributed by atoms with van der Waals surface area (Å²) in [6.45, 7) is 8.62. The second-order valence-corrected chi connectivity index (χ2v) is 4.45. The lowest BCUT2D eigenvalue weighted by Crippen LogP contribution is -2.26. The van der Waals surface area contributed by atoms with Crippen LogP contribution in [0, 0.1) is 5.92 Å². The molecule has 5 heteroatoms. The van der Waals surface area contributed by atoms with Gasteiger partial charge in [-0.3, -0.25) is 0 Å². The number of nitrogens with zero attached hydrogens (tertiary/aromatic N) is 3. The van der Waals surface area contributed by atoms with E-state index in [-0.39, 0.29) is 0 Å². The maximum absolute atomic E-state index is 9.97. The average Bonchev–Trinajstić information content (AvgIpc) is 2.66. The van der Waals surface area contributed by atoms with Crippen molar-refractivity contribution >= 4 is 0 Å². The summed E-state index contributed by atoms with van der Waals surface area (Å²) < 4.78 is 1.77. The molecular formula is C11H22N4O. The number of aryl methyl sites for hydroxylation is 1. The Labute approximate surface area is 96.9 Å². The maximum Gasteiger partial charge on any atom is 0.110 e. The van der Waals surface area contributed by atoms with Crippen LogP contribution >= 0.6 is 0 Å². The molecule has 1 unspecified atom stereocenters. The number of aliphatic hydroxyl groups is 1. The van der Waals surface area contributed by atoms with Crippen LogP contribution in [0.4, 0.5) is 0 Å². The Morgan fingerprint density at radius 2 is 2.19 bits per heavy atom. The summed E-state index contributed by atoms with van der Waals surface area (Å²) >= 11 is 0. The lowest BCUT2D eigenvalue weighted by molar-refractivity contribution is 0.162. The van der Waals surface area contributed by atoms with E-state index in [0.717, 1.165) is 25.2 Å². The van der Waals surface area contributed by atoms with Gasteiger partial charge in [0.2, 0.25) is 0 Å². The highest BCUT2D eigenvalue weighted by Crippen LogP contribution is 2.10. The molecule has 1 heterocycles. The summed E-state index contributed by atoms with van der Waals surface area (Å²) in [4.78, 5) is 0. The van der Waals surface area contributed by atoms with E-state index in [2.05, 4.69) is 36.4 Å². The maximum atomic E-state index is 9.97. The van der Waals surface area contributed by atoms with Crippen LogP contribution in [0.15, 0.2) is 6.20 Å². The van der Waals surface area contributed by atoms with Crippen LogP contribution in [-0.2, 0) is 6.54 Å². The van der Waals surface area contributed by atoms with Crippen molar-refractivity contribution in [1.82, 2.24) is 20.3 Å². The zero-order chi connectivity index (χ0) is 12.0. The van der Waals surface area contributed by atoms with Crippen molar-refractivity contribution in [1.29, 1.82) is 0 Å². The van der Waals surface area contributed by atoms with Gasteiger partial charge in [-0.05, 0) is 18.9 Å². The molecule has 5 nitrogen and oxygen atoms in total. The molecule has 2 N–H and O–H groups in total. The van der Waals surface area contributed by atoms with E-state index < -0.39 is 6.10 Å². The minimum Gasteiger partial charge on any atom is -0.385 e. The molecule has 0 fully saturated rings. The van der Waals surface area contributed by atoms with Crippen LogP contribution in [0.25, 0.3) is 0 Å². The fourth-order valence-electron chi connectivity index (χ4n) is 1.52. The molecule has 92 valence electrons. The Bertz CT molecular complexity index is 298. The third-order valence-electron chi connectivity index (χ3n) is 2.31. The Morgan fingerprint density at radius 3 is 2.81 bits per heavy atom. The van der Waals surface area contributed by atoms with Crippen molar-refractivity contribution in [2.75, 3.05) is 13.1 Å². The highest BCUT2D eigenvalue weighted by molar-refractivity contribution is 4.99. The second kappa shape index (κ2) is 6.60. The predicted molar refractivity (Wildman–Crippen MR) is 63.0 cm³/mol. The lowest BCUT2D eigenvalue weighted by Gasteiger charge is -2.13. The average molecular weight is 226 g/mol. The zero-order valence-electron chi connectivity index (χ0n) is 10.3. The van der Waals surface area contributed by atoms with Gasteiger partial charge in [-0.1, -0.05) is 26.0 Å². The van der Waals surface area contributed by atoms with Crippen molar-refractivity contribution < 1.29 is 5.11 Å². The summed E-state index contributed by atoms with van der Waals surface area (Å²) in [6, 6.07) is 0. The first-order valence-corrected chi connectivity index (χ1v) is 5.92. The van der Waals surface area contributed by atoms with Crippen LogP contribution < -0.4 is 5.32 Å². The van der Waals surface area contributed by atoms with Crippen LogP contribution in [0.5, 0.6) is 0 Å². The Balaban J connectivity index is 2.45. The van der Waals surface area contributed by atoms with Gasteiger partial charge in [0.1, 0.15) is 6.10 Å². The Hall–Kier alpha value is -0.940. The van der Waals surface area contributed by atoms with Gasteiger partial charge in [0.05, 0.1) is 11.9 Å². The summed E-state index contributed by atoms with van der Waals surface area (Å²) in [6.07, 6.45) is 2.10. The number of aliphatic hydroxyl groups excluding tert-OH is 1. The SMILES string of the molecule is CCCn1nncc1C(O)CNCC(C)C. The molecule has 0 saturated heterocycles. The van der Waals surface area contributed by atoms with Gasteiger partial charge >= 0.3 is 0 Å². The van der Waals surface area contributed by atoms with Crippen molar-refractivity contribution in [2.45, 2.75) is 39.8 Å². The first kappa shape index (κ1) is 13.1. The number of hydrogen-bond acceptors (Lipinski definition) is 4. The molecule has 0 aliphatic rings. The van der Waals surface area contributed by atoms with Gasteiger partial charge in [0, 0.05) is 13.1 Å². The van der Waals surface area contributed by atoms with Crippen molar-refractivity contribution in [3.63, 3.8) is 0 Å². The van der Waals surface area contributed by atoms with Gasteiger partial charge in [-0.2, -0.15) is 0 Å². The normalized spacial score (nSPS) is 13.3. The zero-order valence-corrected chi connectivity index (χ0v) is 10.3. The summed E-state index contributed by atoms with van der Waals surface area (Å²) in [5.74, 6) is 0.589. The fraction of sp³-hybridized carbons (Fsp3) is 0.818. The molecule has 0 aliphatic heterocycles. The number of nitrogens with one attached hydrogen (secondary N) is 1. The second-order valence-electron chi connectivity index (χ2n) is 4.45. The fourth-order valence-corrected chi connectivity index (χ4v) is 1.52. The molecule has 0 amide bonds. The van der Waals surface area contributed by atoms with E-state index >= 15 is 0 Å². The van der Waals surface area contributed by atoms with E-state index in [0.29, 0.717) is 12.5 Å². The molecule has 1 aromatic rings. The van der Waals surface area contributed by atoms with Gasteiger partial charge in [-0.15, -0.1) is 5.10 Å². The number of hydrogen-bond donors (Lipinski definition) is 2. The third kappa shape index (κ3) is 3.90. The summed E-state index contributed by atoms with van der Waals surface area (Å²) in [7, 11) is 0. The van der Waals surface area contributed by atoms with Crippen molar-refractivity contribution in [3.8, 4) is 0 Å². The van der Waals surface area contributed by atoms with Gasteiger partial charge in [0.15, 0.2) is 0 Å². The minimum absolute atomic E-state index is 0.528. The minimum atomic E-state index is -0.528. The van der Waals surface area contributed by atoms with Crippen LogP contribution in [0.2, 0.25) is 0 Å². The van der Waals surface area contributed by atoms with E-state index in [9.17, 15) is 5.11 Å². The van der Waals surface area contributed by atoms with E-state index in [1.807, 2.05) is 0 Å². The molecule has 0 radical (unpaired) electrons. The lowest BCUT2D eigenvalue weighted by atomic mass is 10.2. The van der Waals surface area contributed by atoms with E-state index in [4.69, 9.17) is 0 Å². The highest BCUT2D eigenvalue weighted by Gasteiger charge is 2.13. The molecule has 1 atom stereocenters. The first-order chi connectivity index (χ1) is 7.65. The largest absolute Gasteiger partial charge is 0.385 e. The van der Waals surface area contributed by atoms with Crippen LogP contribution in [0.3, 0.4) is 0 Å². The molecule has 1 aromatic heterocycles. The smallest absolute Gasteiger partial charge is 0.110 e. The predicted octanol–water partition coefficient (Wildman–Crippen LogP) is 0.967. The van der Waals surface area contributed by atoms with Gasteiger partial charge in [-0.25, -0.2) is 4.68 Å². The molecule has 0 spiro atoms. The quantitative estimate of drug-likeness (QED) is 0.727. The Morgan fingerprint density at radius 1 is 1.44 bits per heavy atom. The van der Waals surface area contributed by atoms with Crippen LogP contribution in [0.1, 0.15) is 39.0 Å². The topological polar surface area (TPSA) is 63.0 Å². The standard InChI is InChI=1S/C11H22N4O/c1-4-5-15-10(7-13-14-15)11(16)8-12-6-9(2)3/h7,9,11-12,16H,4-6,8H2,1-3H3. The molecule has 1 rings (SSSR count). The first-order valence-electron chi connectivity index (χ1n) is 5.92. The number of rotatable bonds is 7. The molecule has 0 bridgehead atoms. The molecule has 0 aliphatic carbocycles. The highest BCUT2D eigenvalue weighted by atomic mass is 16.3. The Kier molecular flexibility index (Phi) is 5.42. The molecule has 0 aromatic carbocycles. The molecular weight excluding hydrogens is 204 g/mol. The van der Waals surface area contributed by atoms with Gasteiger partial charge in [0.25, 0.3) is 0 Å². The summed E-state index contributed by atoms with van der Waals surface area (Å²) in [5, 5.41) is 21.0. The summed E-state index contributed by atoms with van der Waals surface area (Å²) in [5.41, 5.74) is 0.790. The number of aromatic nitrogens is 3. The van der Waals surface area contributed by atoms with E-state index in [1.54, 1.807) is 10.9 Å². The molecule has 0 saturated carbocycles. The third-order valence-corrected chi connectivity index (χ3v) is 2.31. The van der Waals surface area contributed by atoms with Crippen LogP contribution in [-0.4, -0.2) is 33.2 Å². The van der Waals surface area contributed by atoms with Crippen molar-refractivity contribution in [2.24, 2.45) is 5.92 Å². The monoisotopic (exact) mass is 226 g/mol.